The van der Waals surface area contributed by atoms with Gasteiger partial charge >= 0.3 is 0 Å². The van der Waals surface area contributed by atoms with Gasteiger partial charge in [-0.3, -0.25) is 10.1 Å². The fraction of sp³-hybridized carbons (Fsp3) is 0.308. The monoisotopic (exact) mass is 293 g/mol. The van der Waals surface area contributed by atoms with Crippen LogP contribution in [0.15, 0.2) is 40.3 Å². The molecular formula is C13H15N3O3S. The minimum atomic E-state index is -0.364. The van der Waals surface area contributed by atoms with E-state index >= 15 is 0 Å². The molecule has 6 nitrogen and oxygen atoms in total. The van der Waals surface area contributed by atoms with Crippen molar-refractivity contribution < 1.29 is 9.34 Å². The molecule has 2 rings (SSSR count). The predicted octanol–water partition coefficient (Wildman–Crippen LogP) is 3.70. The number of rotatable bonds is 7. The summed E-state index contributed by atoms with van der Waals surface area (Å²) >= 11 is 1.40. The van der Waals surface area contributed by atoms with Crippen LogP contribution in [-0.2, 0) is 5.75 Å². The molecule has 0 aliphatic rings. The Hall–Kier alpha value is -2.02. The van der Waals surface area contributed by atoms with Crippen molar-refractivity contribution in [3.8, 4) is 0 Å². The van der Waals surface area contributed by atoms with Crippen molar-refractivity contribution in [2.45, 2.75) is 24.3 Å². The molecule has 20 heavy (non-hydrogen) atoms. The van der Waals surface area contributed by atoms with Crippen LogP contribution in [0, 0.1) is 10.1 Å². The summed E-state index contributed by atoms with van der Waals surface area (Å²) < 4.78 is 5.12. The molecule has 0 bridgehead atoms. The number of benzene rings is 1. The third-order valence-corrected chi connectivity index (χ3v) is 3.52. The SMILES string of the molecule is CCCNc1ccc(CSc2ncco2)cc1[N+](=O)[O-]. The number of hydrogen-bond donors (Lipinski definition) is 1. The molecule has 0 atom stereocenters. The molecule has 1 N–H and O–H groups in total. The lowest BCUT2D eigenvalue weighted by Gasteiger charge is -2.07. The lowest BCUT2D eigenvalue weighted by molar-refractivity contribution is -0.384. The van der Waals surface area contributed by atoms with E-state index in [1.165, 1.54) is 18.0 Å². The molecule has 0 saturated heterocycles. The van der Waals surface area contributed by atoms with Gasteiger partial charge in [-0.2, -0.15) is 0 Å². The zero-order chi connectivity index (χ0) is 14.4. The van der Waals surface area contributed by atoms with Crippen LogP contribution in [0.2, 0.25) is 0 Å². The molecule has 106 valence electrons. The molecule has 0 saturated carbocycles. The predicted molar refractivity (Wildman–Crippen MR) is 77.9 cm³/mol. The van der Waals surface area contributed by atoms with E-state index in [2.05, 4.69) is 10.3 Å². The number of nitrogens with zero attached hydrogens (tertiary/aromatic N) is 2. The Morgan fingerprint density at radius 2 is 2.35 bits per heavy atom. The van der Waals surface area contributed by atoms with Crippen LogP contribution in [0.5, 0.6) is 0 Å². The average molecular weight is 293 g/mol. The molecule has 2 aromatic rings. The summed E-state index contributed by atoms with van der Waals surface area (Å²) in [4.78, 5) is 14.7. The van der Waals surface area contributed by atoms with Crippen molar-refractivity contribution in [2.75, 3.05) is 11.9 Å². The molecule has 1 aromatic heterocycles. The average Bonchev–Trinajstić information content (AvgIpc) is 2.96. The second-order valence-electron chi connectivity index (χ2n) is 4.12. The van der Waals surface area contributed by atoms with E-state index in [0.29, 0.717) is 23.2 Å². The molecule has 0 spiro atoms. The van der Waals surface area contributed by atoms with Gasteiger partial charge in [0.25, 0.3) is 10.9 Å². The van der Waals surface area contributed by atoms with Crippen LogP contribution in [-0.4, -0.2) is 16.5 Å². The second kappa shape index (κ2) is 6.95. The van der Waals surface area contributed by atoms with E-state index < -0.39 is 0 Å². The van der Waals surface area contributed by atoms with Crippen molar-refractivity contribution in [1.29, 1.82) is 0 Å². The van der Waals surface area contributed by atoms with Crippen LogP contribution in [0.25, 0.3) is 0 Å². The smallest absolute Gasteiger partial charge is 0.292 e. The number of oxazole rings is 1. The fourth-order valence-electron chi connectivity index (χ4n) is 1.65. The van der Waals surface area contributed by atoms with Gasteiger partial charge in [0.1, 0.15) is 12.0 Å². The van der Waals surface area contributed by atoms with E-state index in [1.54, 1.807) is 18.3 Å². The molecule has 0 aliphatic heterocycles. The highest BCUT2D eigenvalue weighted by molar-refractivity contribution is 7.98. The van der Waals surface area contributed by atoms with Crippen LogP contribution in [0.3, 0.4) is 0 Å². The Labute approximate surface area is 120 Å². The van der Waals surface area contributed by atoms with Crippen LogP contribution < -0.4 is 5.32 Å². The number of thioether (sulfide) groups is 1. The number of nitro benzene ring substituents is 1. The van der Waals surface area contributed by atoms with Gasteiger partial charge in [0, 0.05) is 18.4 Å². The highest BCUT2D eigenvalue weighted by Crippen LogP contribution is 2.28. The normalized spacial score (nSPS) is 10.4. The number of nitrogens with one attached hydrogen (secondary N) is 1. The Morgan fingerprint density at radius 3 is 3.00 bits per heavy atom. The van der Waals surface area contributed by atoms with E-state index in [-0.39, 0.29) is 10.6 Å². The number of nitro groups is 1. The van der Waals surface area contributed by atoms with Crippen molar-refractivity contribution in [3.63, 3.8) is 0 Å². The first kappa shape index (κ1) is 14.4. The highest BCUT2D eigenvalue weighted by Gasteiger charge is 2.14. The summed E-state index contributed by atoms with van der Waals surface area (Å²) in [6.07, 6.45) is 3.99. The quantitative estimate of drug-likeness (QED) is 0.476. The molecule has 0 fully saturated rings. The summed E-state index contributed by atoms with van der Waals surface area (Å²) in [7, 11) is 0. The van der Waals surface area contributed by atoms with Gasteiger partial charge in [-0.05, 0) is 18.1 Å². The summed E-state index contributed by atoms with van der Waals surface area (Å²) in [5, 5.41) is 14.7. The molecule has 0 amide bonds. The van der Waals surface area contributed by atoms with Gasteiger partial charge in [0.2, 0.25) is 0 Å². The van der Waals surface area contributed by atoms with E-state index in [4.69, 9.17) is 4.42 Å². The van der Waals surface area contributed by atoms with Crippen LogP contribution >= 0.6 is 11.8 Å². The molecule has 1 heterocycles. The summed E-state index contributed by atoms with van der Waals surface area (Å²) in [6, 6.07) is 5.22. The lowest BCUT2D eigenvalue weighted by atomic mass is 10.2. The summed E-state index contributed by atoms with van der Waals surface area (Å²) in [5.74, 6) is 0.579. The minimum absolute atomic E-state index is 0.101. The second-order valence-corrected chi connectivity index (χ2v) is 5.05. The largest absolute Gasteiger partial charge is 0.440 e. The third-order valence-electron chi connectivity index (χ3n) is 2.60. The van der Waals surface area contributed by atoms with Crippen molar-refractivity contribution in [3.05, 3.63) is 46.3 Å². The minimum Gasteiger partial charge on any atom is -0.440 e. The van der Waals surface area contributed by atoms with Crippen LogP contribution in [0.4, 0.5) is 11.4 Å². The molecule has 0 radical (unpaired) electrons. The summed E-state index contributed by atoms with van der Waals surface area (Å²) in [6.45, 7) is 2.73. The summed E-state index contributed by atoms with van der Waals surface area (Å²) in [5.41, 5.74) is 1.52. The number of hydrogen-bond acceptors (Lipinski definition) is 6. The zero-order valence-electron chi connectivity index (χ0n) is 11.0. The highest BCUT2D eigenvalue weighted by atomic mass is 32.2. The van der Waals surface area contributed by atoms with Gasteiger partial charge in [-0.25, -0.2) is 4.98 Å². The number of aromatic nitrogens is 1. The van der Waals surface area contributed by atoms with Crippen molar-refractivity contribution in [1.82, 2.24) is 4.98 Å². The Balaban J connectivity index is 2.10. The Bertz CT molecular complexity index is 572. The third kappa shape index (κ3) is 3.74. The van der Waals surface area contributed by atoms with Gasteiger partial charge < -0.3 is 9.73 Å². The maximum atomic E-state index is 11.1. The first-order chi connectivity index (χ1) is 9.70. The first-order valence-electron chi connectivity index (χ1n) is 6.24. The topological polar surface area (TPSA) is 81.2 Å². The maximum absolute atomic E-state index is 11.1. The Kier molecular flexibility index (Phi) is 5.00. The molecule has 0 aliphatic carbocycles. The maximum Gasteiger partial charge on any atom is 0.292 e. The van der Waals surface area contributed by atoms with Crippen molar-refractivity contribution in [2.24, 2.45) is 0 Å². The van der Waals surface area contributed by atoms with Gasteiger partial charge in [-0.1, -0.05) is 24.8 Å². The van der Waals surface area contributed by atoms with Crippen LogP contribution in [0.1, 0.15) is 18.9 Å². The zero-order valence-corrected chi connectivity index (χ0v) is 11.9. The van der Waals surface area contributed by atoms with E-state index in [0.717, 1.165) is 12.0 Å². The number of anilines is 1. The van der Waals surface area contributed by atoms with Gasteiger partial charge in [0.05, 0.1) is 11.1 Å². The van der Waals surface area contributed by atoms with Gasteiger partial charge in [0.15, 0.2) is 0 Å². The van der Waals surface area contributed by atoms with Crippen molar-refractivity contribution >= 4 is 23.1 Å². The lowest BCUT2D eigenvalue weighted by Crippen LogP contribution is -2.03. The molecule has 0 unspecified atom stereocenters. The molecular weight excluding hydrogens is 278 g/mol. The fourth-order valence-corrected chi connectivity index (χ4v) is 2.38. The van der Waals surface area contributed by atoms with E-state index in [1.807, 2.05) is 13.0 Å². The molecule has 7 heteroatoms. The first-order valence-corrected chi connectivity index (χ1v) is 7.22. The van der Waals surface area contributed by atoms with E-state index in [9.17, 15) is 10.1 Å². The Morgan fingerprint density at radius 1 is 1.50 bits per heavy atom. The molecule has 1 aromatic carbocycles. The standard InChI is InChI=1S/C13H15N3O3S/c1-2-5-14-11-4-3-10(8-12(11)16(17)18)9-20-13-15-6-7-19-13/h3-4,6-8,14H,2,5,9H2,1H3. The van der Waals surface area contributed by atoms with Gasteiger partial charge in [-0.15, -0.1) is 0 Å².